The minimum absolute atomic E-state index is 0.157. The molecule has 1 aromatic carbocycles. The molecule has 0 saturated carbocycles. The summed E-state index contributed by atoms with van der Waals surface area (Å²) < 4.78 is 0. The molecule has 1 aliphatic heterocycles. The minimum Gasteiger partial charge on any atom is -0.352 e. The van der Waals surface area contributed by atoms with Gasteiger partial charge in [-0.25, -0.2) is 0 Å². The van der Waals surface area contributed by atoms with Crippen molar-refractivity contribution in [3.63, 3.8) is 0 Å². The number of hydrogen-bond acceptors (Lipinski definition) is 5. The number of rotatable bonds is 7. The zero-order valence-corrected chi connectivity index (χ0v) is 16.4. The Morgan fingerprint density at radius 3 is 2.56 bits per heavy atom. The fourth-order valence-electron chi connectivity index (χ4n) is 3.05. The van der Waals surface area contributed by atoms with Crippen LogP contribution >= 0.6 is 11.3 Å². The molecule has 6 nitrogen and oxygen atoms in total. The molecule has 1 saturated heterocycles. The molecule has 2 aromatic rings. The van der Waals surface area contributed by atoms with E-state index in [1.807, 2.05) is 17.5 Å². The van der Waals surface area contributed by atoms with Crippen LogP contribution in [0, 0.1) is 0 Å². The molecule has 0 unspecified atom stereocenters. The van der Waals surface area contributed by atoms with Gasteiger partial charge >= 0.3 is 0 Å². The zero-order chi connectivity index (χ0) is 19.1. The number of piperazine rings is 1. The van der Waals surface area contributed by atoms with Crippen molar-refractivity contribution in [1.82, 2.24) is 15.1 Å². The largest absolute Gasteiger partial charge is 0.352 e. The Bertz CT molecular complexity index is 755. The van der Waals surface area contributed by atoms with Crippen LogP contribution in [0.2, 0.25) is 0 Å². The molecule has 0 bridgehead atoms. The molecule has 2 heterocycles. The van der Waals surface area contributed by atoms with Gasteiger partial charge in [0, 0.05) is 32.7 Å². The fourth-order valence-corrected chi connectivity index (χ4v) is 3.67. The lowest BCUT2D eigenvalue weighted by Crippen LogP contribution is -2.45. The second-order valence-electron chi connectivity index (χ2n) is 6.73. The molecule has 144 valence electrons. The predicted molar refractivity (Wildman–Crippen MR) is 110 cm³/mol. The Morgan fingerprint density at radius 2 is 1.81 bits per heavy atom. The number of hydrogen-bond donors (Lipinski definition) is 2. The highest BCUT2D eigenvalue weighted by molar-refractivity contribution is 7.12. The van der Waals surface area contributed by atoms with Crippen LogP contribution in [0.15, 0.2) is 41.8 Å². The summed E-state index contributed by atoms with van der Waals surface area (Å²) in [5.74, 6) is -0.351. The highest BCUT2D eigenvalue weighted by atomic mass is 32.1. The van der Waals surface area contributed by atoms with Gasteiger partial charge in [-0.1, -0.05) is 18.2 Å². The van der Waals surface area contributed by atoms with Crippen LogP contribution in [0.3, 0.4) is 0 Å². The Balaban J connectivity index is 1.49. The van der Waals surface area contributed by atoms with Crippen LogP contribution < -0.4 is 10.6 Å². The average molecular weight is 387 g/mol. The van der Waals surface area contributed by atoms with Gasteiger partial charge in [-0.2, -0.15) is 0 Å². The Kier molecular flexibility index (Phi) is 6.98. The van der Waals surface area contributed by atoms with E-state index in [9.17, 15) is 9.59 Å². The number of carbonyl (C=O) groups is 2. The number of nitrogens with one attached hydrogen (secondary N) is 2. The summed E-state index contributed by atoms with van der Waals surface area (Å²) in [5.41, 5.74) is 1.02. The van der Waals surface area contributed by atoms with Gasteiger partial charge in [0.2, 0.25) is 0 Å². The number of nitrogens with zero attached hydrogens (tertiary/aromatic N) is 2. The summed E-state index contributed by atoms with van der Waals surface area (Å²) in [6.07, 6.45) is 0.916. The average Bonchev–Trinajstić information content (AvgIpc) is 3.22. The molecule has 0 atom stereocenters. The van der Waals surface area contributed by atoms with E-state index in [2.05, 4.69) is 27.5 Å². The first-order valence-electron chi connectivity index (χ1n) is 9.26. The van der Waals surface area contributed by atoms with Gasteiger partial charge in [-0.15, -0.1) is 11.3 Å². The molecule has 1 fully saturated rings. The summed E-state index contributed by atoms with van der Waals surface area (Å²) >= 11 is 1.37. The van der Waals surface area contributed by atoms with Crippen molar-refractivity contribution in [3.8, 4) is 0 Å². The van der Waals surface area contributed by atoms with Gasteiger partial charge in [0.05, 0.1) is 16.1 Å². The van der Waals surface area contributed by atoms with E-state index in [1.54, 1.807) is 24.3 Å². The van der Waals surface area contributed by atoms with E-state index in [4.69, 9.17) is 0 Å². The molecule has 3 rings (SSSR count). The second-order valence-corrected chi connectivity index (χ2v) is 7.68. The van der Waals surface area contributed by atoms with E-state index in [-0.39, 0.29) is 11.8 Å². The van der Waals surface area contributed by atoms with E-state index >= 15 is 0 Å². The molecular formula is C20H26N4O2S. The number of anilines is 1. The lowest BCUT2D eigenvalue weighted by molar-refractivity contribution is 0.0950. The van der Waals surface area contributed by atoms with Crippen LogP contribution in [-0.2, 0) is 0 Å². The third-order valence-electron chi connectivity index (χ3n) is 4.70. The Labute approximate surface area is 164 Å². The standard InChI is InChI=1S/C20H26N4O2S/c1-23-11-13-24(14-12-23)10-5-9-21-19(25)16-6-2-3-7-17(16)22-20(26)18-8-4-15-27-18/h2-4,6-8,15H,5,9-14H2,1H3,(H,21,25)(H,22,26). The number of para-hydroxylation sites is 1. The summed E-state index contributed by atoms with van der Waals surface area (Å²) in [5, 5.41) is 7.66. The van der Waals surface area contributed by atoms with Crippen LogP contribution in [0.4, 0.5) is 5.69 Å². The second kappa shape index (κ2) is 9.64. The highest BCUT2D eigenvalue weighted by Gasteiger charge is 2.15. The highest BCUT2D eigenvalue weighted by Crippen LogP contribution is 2.18. The van der Waals surface area contributed by atoms with Crippen molar-refractivity contribution in [2.24, 2.45) is 0 Å². The van der Waals surface area contributed by atoms with Crippen LogP contribution in [0.1, 0.15) is 26.5 Å². The van der Waals surface area contributed by atoms with Crippen molar-refractivity contribution in [3.05, 3.63) is 52.2 Å². The molecule has 1 aromatic heterocycles. The van der Waals surface area contributed by atoms with Crippen LogP contribution in [0.5, 0.6) is 0 Å². The molecule has 0 radical (unpaired) electrons. The quantitative estimate of drug-likeness (QED) is 0.717. The maximum atomic E-state index is 12.5. The SMILES string of the molecule is CN1CCN(CCCNC(=O)c2ccccc2NC(=O)c2cccs2)CC1. The summed E-state index contributed by atoms with van der Waals surface area (Å²) in [7, 11) is 2.15. The van der Waals surface area contributed by atoms with Gasteiger partial charge in [-0.05, 0) is 43.6 Å². The summed E-state index contributed by atoms with van der Waals surface area (Å²) in [6, 6.07) is 10.7. The number of benzene rings is 1. The predicted octanol–water partition coefficient (Wildman–Crippen LogP) is 2.37. The van der Waals surface area contributed by atoms with Gasteiger partial charge in [0.15, 0.2) is 0 Å². The number of thiophene rings is 1. The van der Waals surface area contributed by atoms with Crippen LogP contribution in [0.25, 0.3) is 0 Å². The molecular weight excluding hydrogens is 360 g/mol. The van der Waals surface area contributed by atoms with Crippen molar-refractivity contribution in [1.29, 1.82) is 0 Å². The van der Waals surface area contributed by atoms with Gasteiger partial charge in [0.1, 0.15) is 0 Å². The number of amides is 2. The maximum absolute atomic E-state index is 12.5. The van der Waals surface area contributed by atoms with Gasteiger partial charge in [-0.3, -0.25) is 9.59 Å². The fraction of sp³-hybridized carbons (Fsp3) is 0.400. The Morgan fingerprint density at radius 1 is 1.04 bits per heavy atom. The first kappa shape index (κ1) is 19.5. The molecule has 2 amide bonds. The third-order valence-corrected chi connectivity index (χ3v) is 5.57. The summed E-state index contributed by atoms with van der Waals surface area (Å²) in [6.45, 7) is 5.99. The summed E-state index contributed by atoms with van der Waals surface area (Å²) in [4.78, 5) is 30.2. The molecule has 7 heteroatoms. The smallest absolute Gasteiger partial charge is 0.265 e. The molecule has 2 N–H and O–H groups in total. The number of likely N-dealkylation sites (N-methyl/N-ethyl adjacent to an activating group) is 1. The first-order chi connectivity index (χ1) is 13.1. The van der Waals surface area contributed by atoms with E-state index in [1.165, 1.54) is 11.3 Å². The van der Waals surface area contributed by atoms with Crippen molar-refractivity contribution >= 4 is 28.8 Å². The molecule has 27 heavy (non-hydrogen) atoms. The van der Waals surface area contributed by atoms with Gasteiger partial charge < -0.3 is 20.4 Å². The van der Waals surface area contributed by atoms with E-state index in [0.29, 0.717) is 22.7 Å². The lowest BCUT2D eigenvalue weighted by atomic mass is 10.1. The van der Waals surface area contributed by atoms with E-state index < -0.39 is 0 Å². The first-order valence-corrected chi connectivity index (χ1v) is 10.1. The maximum Gasteiger partial charge on any atom is 0.265 e. The van der Waals surface area contributed by atoms with Crippen molar-refractivity contribution in [2.45, 2.75) is 6.42 Å². The van der Waals surface area contributed by atoms with Gasteiger partial charge in [0.25, 0.3) is 11.8 Å². The molecule has 0 spiro atoms. The molecule has 1 aliphatic rings. The van der Waals surface area contributed by atoms with Crippen LogP contribution in [-0.4, -0.2) is 67.9 Å². The Hall–Kier alpha value is -2.22. The third kappa shape index (κ3) is 5.63. The minimum atomic E-state index is -0.194. The topological polar surface area (TPSA) is 64.7 Å². The van der Waals surface area contributed by atoms with Crippen molar-refractivity contribution < 1.29 is 9.59 Å². The normalized spacial score (nSPS) is 15.4. The van der Waals surface area contributed by atoms with Crippen molar-refractivity contribution in [2.75, 3.05) is 51.6 Å². The lowest BCUT2D eigenvalue weighted by Gasteiger charge is -2.32. The number of carbonyl (C=O) groups excluding carboxylic acids is 2. The van der Waals surface area contributed by atoms with E-state index in [0.717, 1.165) is 39.1 Å². The monoisotopic (exact) mass is 386 g/mol. The molecule has 0 aliphatic carbocycles. The zero-order valence-electron chi connectivity index (χ0n) is 15.6.